The van der Waals surface area contributed by atoms with Crippen molar-refractivity contribution in [2.75, 3.05) is 12.3 Å². The number of benzene rings is 2. The third-order valence-corrected chi connectivity index (χ3v) is 2.48. The van der Waals surface area contributed by atoms with E-state index in [1.54, 1.807) is 12.1 Å². The highest BCUT2D eigenvalue weighted by molar-refractivity contribution is 5.52. The second-order valence-corrected chi connectivity index (χ2v) is 3.74. The first kappa shape index (κ1) is 11.5. The Morgan fingerprint density at radius 1 is 1.00 bits per heavy atom. The second kappa shape index (κ2) is 5.34. The summed E-state index contributed by atoms with van der Waals surface area (Å²) >= 11 is 0. The number of rotatable bonds is 4. The lowest BCUT2D eigenvalue weighted by Gasteiger charge is -2.09. The van der Waals surface area contributed by atoms with Gasteiger partial charge in [-0.25, -0.2) is 4.39 Å². The third-order valence-electron chi connectivity index (χ3n) is 2.48. The van der Waals surface area contributed by atoms with E-state index < -0.39 is 5.82 Å². The molecule has 0 atom stereocenters. The van der Waals surface area contributed by atoms with Crippen LogP contribution in [0.2, 0.25) is 0 Å². The predicted molar refractivity (Wildman–Crippen MR) is 66.5 cm³/mol. The molecule has 0 saturated carbocycles. The molecule has 0 aliphatic carbocycles. The lowest BCUT2D eigenvalue weighted by Crippen LogP contribution is -2.04. The summed E-state index contributed by atoms with van der Waals surface area (Å²) in [7, 11) is 0. The van der Waals surface area contributed by atoms with Crippen LogP contribution in [0.15, 0.2) is 48.5 Å². The van der Waals surface area contributed by atoms with E-state index in [4.69, 9.17) is 10.5 Å². The summed E-state index contributed by atoms with van der Waals surface area (Å²) in [6.45, 7) is 0.412. The van der Waals surface area contributed by atoms with Gasteiger partial charge in [0.1, 0.15) is 0 Å². The fourth-order valence-corrected chi connectivity index (χ4v) is 1.59. The van der Waals surface area contributed by atoms with Crippen molar-refractivity contribution in [2.24, 2.45) is 0 Å². The van der Waals surface area contributed by atoms with Gasteiger partial charge in [0.2, 0.25) is 0 Å². The van der Waals surface area contributed by atoms with E-state index in [0.29, 0.717) is 12.3 Å². The zero-order chi connectivity index (χ0) is 12.1. The quantitative estimate of drug-likeness (QED) is 0.821. The normalized spacial score (nSPS) is 10.2. The van der Waals surface area contributed by atoms with Crippen LogP contribution < -0.4 is 10.5 Å². The van der Waals surface area contributed by atoms with Crippen molar-refractivity contribution < 1.29 is 9.13 Å². The highest BCUT2D eigenvalue weighted by Crippen LogP contribution is 2.24. The molecule has 0 aliphatic rings. The molecule has 2 nitrogen and oxygen atoms in total. The third kappa shape index (κ3) is 2.97. The first-order valence-electron chi connectivity index (χ1n) is 5.48. The van der Waals surface area contributed by atoms with E-state index in [-0.39, 0.29) is 5.75 Å². The van der Waals surface area contributed by atoms with Gasteiger partial charge in [0, 0.05) is 6.42 Å². The zero-order valence-electron chi connectivity index (χ0n) is 9.40. The monoisotopic (exact) mass is 231 g/mol. The maximum atomic E-state index is 13.4. The minimum Gasteiger partial charge on any atom is -0.488 e. The Kier molecular flexibility index (Phi) is 3.60. The summed E-state index contributed by atoms with van der Waals surface area (Å²) in [5, 5.41) is 0. The topological polar surface area (TPSA) is 35.2 Å². The molecule has 0 fully saturated rings. The van der Waals surface area contributed by atoms with Gasteiger partial charge in [-0.2, -0.15) is 0 Å². The van der Waals surface area contributed by atoms with Gasteiger partial charge in [0.15, 0.2) is 11.6 Å². The number of ether oxygens (including phenoxy) is 1. The summed E-state index contributed by atoms with van der Waals surface area (Å²) in [4.78, 5) is 0. The van der Waals surface area contributed by atoms with Crippen LogP contribution in [0.1, 0.15) is 5.56 Å². The summed E-state index contributed by atoms with van der Waals surface area (Å²) in [6, 6.07) is 14.4. The molecule has 0 aromatic heterocycles. The van der Waals surface area contributed by atoms with Gasteiger partial charge in [-0.15, -0.1) is 0 Å². The Morgan fingerprint density at radius 2 is 1.76 bits per heavy atom. The van der Waals surface area contributed by atoms with Crippen molar-refractivity contribution in [3.63, 3.8) is 0 Å². The number of nitrogens with two attached hydrogens (primary N) is 1. The molecule has 0 bridgehead atoms. The van der Waals surface area contributed by atoms with E-state index in [1.807, 2.05) is 30.3 Å². The van der Waals surface area contributed by atoms with Crippen LogP contribution in [-0.4, -0.2) is 6.61 Å². The molecule has 2 rings (SSSR count). The fourth-order valence-electron chi connectivity index (χ4n) is 1.59. The van der Waals surface area contributed by atoms with Crippen molar-refractivity contribution in [2.45, 2.75) is 6.42 Å². The minimum atomic E-state index is -0.418. The molecule has 0 spiro atoms. The van der Waals surface area contributed by atoms with Crippen LogP contribution >= 0.6 is 0 Å². The van der Waals surface area contributed by atoms with Crippen LogP contribution in [0.3, 0.4) is 0 Å². The summed E-state index contributed by atoms with van der Waals surface area (Å²) in [5.74, 6) is -0.276. The predicted octanol–water partition coefficient (Wildman–Crippen LogP) is 3.03. The molecule has 2 aromatic carbocycles. The van der Waals surface area contributed by atoms with Gasteiger partial charge < -0.3 is 10.5 Å². The van der Waals surface area contributed by atoms with Crippen molar-refractivity contribution in [3.8, 4) is 5.75 Å². The largest absolute Gasteiger partial charge is 0.488 e. The number of anilines is 1. The van der Waals surface area contributed by atoms with Crippen LogP contribution in [-0.2, 0) is 6.42 Å². The van der Waals surface area contributed by atoms with Crippen LogP contribution in [0.5, 0.6) is 5.75 Å². The second-order valence-electron chi connectivity index (χ2n) is 3.74. The van der Waals surface area contributed by atoms with E-state index in [2.05, 4.69) is 0 Å². The molecule has 2 N–H and O–H groups in total. The van der Waals surface area contributed by atoms with Gasteiger partial charge in [-0.3, -0.25) is 0 Å². The molecule has 0 aliphatic heterocycles. The van der Waals surface area contributed by atoms with Crippen molar-refractivity contribution >= 4 is 5.69 Å². The number of nitrogen functional groups attached to an aromatic ring is 1. The Morgan fingerprint density at radius 3 is 2.47 bits per heavy atom. The number of hydrogen-bond acceptors (Lipinski definition) is 2. The van der Waals surface area contributed by atoms with Gasteiger partial charge in [-0.05, 0) is 17.7 Å². The van der Waals surface area contributed by atoms with Gasteiger partial charge in [0.25, 0.3) is 0 Å². The molecule has 0 heterocycles. The highest BCUT2D eigenvalue weighted by atomic mass is 19.1. The minimum absolute atomic E-state index is 0.142. The van der Waals surface area contributed by atoms with Gasteiger partial charge in [0.05, 0.1) is 12.3 Å². The van der Waals surface area contributed by atoms with E-state index >= 15 is 0 Å². The van der Waals surface area contributed by atoms with Gasteiger partial charge in [-0.1, -0.05) is 36.4 Å². The Labute approximate surface area is 99.8 Å². The molecule has 88 valence electrons. The molecule has 2 aromatic rings. The summed E-state index contributed by atoms with van der Waals surface area (Å²) < 4.78 is 18.7. The van der Waals surface area contributed by atoms with Crippen molar-refractivity contribution in [1.82, 2.24) is 0 Å². The number of halogens is 1. The average Bonchev–Trinajstić information content (AvgIpc) is 2.34. The smallest absolute Gasteiger partial charge is 0.177 e. The van der Waals surface area contributed by atoms with E-state index in [1.165, 1.54) is 6.07 Å². The molecule has 0 radical (unpaired) electrons. The standard InChI is InChI=1S/C14H14FNO/c15-12-7-4-8-13(16)14(12)17-10-9-11-5-2-1-3-6-11/h1-8H,9-10,16H2. The Bertz CT molecular complexity index is 465. The van der Waals surface area contributed by atoms with Crippen LogP contribution in [0.4, 0.5) is 10.1 Å². The SMILES string of the molecule is Nc1cccc(F)c1OCCc1ccccc1. The fraction of sp³-hybridized carbons (Fsp3) is 0.143. The lowest BCUT2D eigenvalue weighted by molar-refractivity contribution is 0.307. The summed E-state index contributed by atoms with van der Waals surface area (Å²) in [6.07, 6.45) is 0.731. The van der Waals surface area contributed by atoms with Crippen molar-refractivity contribution in [3.05, 3.63) is 59.9 Å². The molecule has 0 saturated heterocycles. The highest BCUT2D eigenvalue weighted by Gasteiger charge is 2.06. The lowest BCUT2D eigenvalue weighted by atomic mass is 10.2. The molecular weight excluding hydrogens is 217 g/mol. The molecular formula is C14H14FNO. The first-order chi connectivity index (χ1) is 8.27. The van der Waals surface area contributed by atoms with Gasteiger partial charge >= 0.3 is 0 Å². The maximum Gasteiger partial charge on any atom is 0.177 e. The van der Waals surface area contributed by atoms with Crippen LogP contribution in [0.25, 0.3) is 0 Å². The molecule has 3 heteroatoms. The first-order valence-corrected chi connectivity index (χ1v) is 5.48. The average molecular weight is 231 g/mol. The summed E-state index contributed by atoms with van der Waals surface area (Å²) in [5.41, 5.74) is 7.12. The molecule has 0 amide bonds. The van der Waals surface area contributed by atoms with E-state index in [0.717, 1.165) is 12.0 Å². The number of para-hydroxylation sites is 1. The van der Waals surface area contributed by atoms with Crippen LogP contribution in [0, 0.1) is 5.82 Å². The maximum absolute atomic E-state index is 13.4. The number of hydrogen-bond donors (Lipinski definition) is 1. The Hall–Kier alpha value is -2.03. The van der Waals surface area contributed by atoms with E-state index in [9.17, 15) is 4.39 Å². The van der Waals surface area contributed by atoms with Crippen molar-refractivity contribution in [1.29, 1.82) is 0 Å². The zero-order valence-corrected chi connectivity index (χ0v) is 9.40. The Balaban J connectivity index is 1.95. The molecule has 17 heavy (non-hydrogen) atoms. The molecule has 0 unspecified atom stereocenters.